The zero-order valence-corrected chi connectivity index (χ0v) is 14.2. The van der Waals surface area contributed by atoms with E-state index in [1.165, 1.54) is 43.1 Å². The van der Waals surface area contributed by atoms with Crippen LogP contribution in [0.1, 0.15) is 63.1 Å². The summed E-state index contributed by atoms with van der Waals surface area (Å²) in [5, 5.41) is 1.21. The number of carbonyl (C=O) groups is 1. The van der Waals surface area contributed by atoms with Gasteiger partial charge in [-0.05, 0) is 49.8 Å². The number of rotatable bonds is 5. The van der Waals surface area contributed by atoms with E-state index in [0.717, 1.165) is 17.8 Å². The first kappa shape index (κ1) is 16.0. The van der Waals surface area contributed by atoms with Crippen molar-refractivity contribution in [2.45, 2.75) is 64.8 Å². The summed E-state index contributed by atoms with van der Waals surface area (Å²) in [6.07, 6.45) is 9.48. The number of hydrogen-bond donors (Lipinski definition) is 0. The van der Waals surface area contributed by atoms with Gasteiger partial charge in [0, 0.05) is 17.3 Å². The van der Waals surface area contributed by atoms with Gasteiger partial charge in [-0.2, -0.15) is 0 Å². The quantitative estimate of drug-likeness (QED) is 0.777. The van der Waals surface area contributed by atoms with Crippen molar-refractivity contribution in [1.82, 2.24) is 9.55 Å². The predicted octanol–water partition coefficient (Wildman–Crippen LogP) is 4.21. The van der Waals surface area contributed by atoms with Gasteiger partial charge in [0.25, 0.3) is 0 Å². The first-order chi connectivity index (χ1) is 11.2. The number of aromatic nitrogens is 2. The molecule has 0 saturated heterocycles. The fourth-order valence-electron chi connectivity index (χ4n) is 3.63. The second kappa shape index (κ2) is 7.16. The van der Waals surface area contributed by atoms with Crippen molar-refractivity contribution < 1.29 is 9.53 Å². The Labute approximate surface area is 137 Å². The van der Waals surface area contributed by atoms with Crippen molar-refractivity contribution in [2.75, 3.05) is 6.61 Å². The molecule has 1 aliphatic carbocycles. The normalized spacial score (nSPS) is 15.9. The molecule has 23 heavy (non-hydrogen) atoms. The molecule has 3 rings (SSSR count). The van der Waals surface area contributed by atoms with Gasteiger partial charge in [0.15, 0.2) is 0 Å². The van der Waals surface area contributed by atoms with Crippen LogP contribution in [0.3, 0.4) is 0 Å². The monoisotopic (exact) mass is 314 g/mol. The molecule has 0 bridgehead atoms. The molecule has 4 nitrogen and oxygen atoms in total. The molecule has 2 aromatic heterocycles. The van der Waals surface area contributed by atoms with Crippen LogP contribution in [0.2, 0.25) is 0 Å². The predicted molar refractivity (Wildman–Crippen MR) is 91.6 cm³/mol. The van der Waals surface area contributed by atoms with E-state index in [1.807, 2.05) is 11.5 Å². The smallest absolute Gasteiger partial charge is 0.325 e. The largest absolute Gasteiger partial charge is 0.465 e. The Hall–Kier alpha value is -1.84. The number of ether oxygens (including phenoxy) is 1. The van der Waals surface area contributed by atoms with E-state index < -0.39 is 0 Å². The lowest BCUT2D eigenvalue weighted by atomic mass is 9.84. The Bertz CT molecular complexity index is 684. The fraction of sp³-hybridized carbons (Fsp3) is 0.579. The van der Waals surface area contributed by atoms with Gasteiger partial charge in [-0.15, -0.1) is 0 Å². The lowest BCUT2D eigenvalue weighted by Gasteiger charge is -2.21. The van der Waals surface area contributed by atoms with Crippen LogP contribution in [-0.2, 0) is 22.5 Å². The molecule has 0 unspecified atom stereocenters. The summed E-state index contributed by atoms with van der Waals surface area (Å²) >= 11 is 0. The lowest BCUT2D eigenvalue weighted by molar-refractivity contribution is -0.143. The molecule has 4 heteroatoms. The van der Waals surface area contributed by atoms with E-state index in [9.17, 15) is 4.79 Å². The molecule has 0 radical (unpaired) electrons. The minimum atomic E-state index is -0.191. The van der Waals surface area contributed by atoms with Crippen LogP contribution < -0.4 is 0 Å². The Morgan fingerprint density at radius 1 is 1.26 bits per heavy atom. The van der Waals surface area contributed by atoms with Crippen molar-refractivity contribution in [3.63, 3.8) is 0 Å². The first-order valence-corrected chi connectivity index (χ1v) is 8.87. The molecule has 0 aliphatic heterocycles. The maximum Gasteiger partial charge on any atom is 0.325 e. The highest BCUT2D eigenvalue weighted by Gasteiger charge is 2.22. The zero-order valence-electron chi connectivity index (χ0n) is 14.2. The van der Waals surface area contributed by atoms with Crippen molar-refractivity contribution >= 4 is 17.0 Å². The molecule has 1 saturated carbocycles. The standard InChI is InChI=1S/C19H26N2O2/c1-3-15-10-11-16-17(14-8-6-5-7-9-14)12-21(19(16)20-15)13-18(22)23-4-2/h10-12,14H,3-9,13H2,1-2H3. The van der Waals surface area contributed by atoms with Gasteiger partial charge >= 0.3 is 5.97 Å². The fourth-order valence-corrected chi connectivity index (χ4v) is 3.63. The van der Waals surface area contributed by atoms with E-state index in [-0.39, 0.29) is 12.5 Å². The van der Waals surface area contributed by atoms with Crippen LogP contribution >= 0.6 is 0 Å². The minimum Gasteiger partial charge on any atom is -0.465 e. The molecule has 0 amide bonds. The molecule has 0 aromatic carbocycles. The van der Waals surface area contributed by atoms with E-state index >= 15 is 0 Å². The Morgan fingerprint density at radius 3 is 2.74 bits per heavy atom. The Morgan fingerprint density at radius 2 is 2.04 bits per heavy atom. The number of pyridine rings is 1. The molecule has 0 atom stereocenters. The van der Waals surface area contributed by atoms with Gasteiger partial charge in [-0.25, -0.2) is 4.98 Å². The van der Waals surface area contributed by atoms with Gasteiger partial charge in [0.2, 0.25) is 0 Å². The maximum absolute atomic E-state index is 11.9. The van der Waals surface area contributed by atoms with Gasteiger partial charge in [0.1, 0.15) is 12.2 Å². The van der Waals surface area contributed by atoms with E-state index in [4.69, 9.17) is 9.72 Å². The molecule has 0 spiro atoms. The maximum atomic E-state index is 11.9. The van der Waals surface area contributed by atoms with Crippen LogP contribution in [0.25, 0.3) is 11.0 Å². The summed E-state index contributed by atoms with van der Waals surface area (Å²) in [6.45, 7) is 4.61. The third-order valence-corrected chi connectivity index (χ3v) is 4.82. The summed E-state index contributed by atoms with van der Waals surface area (Å²) in [7, 11) is 0. The average molecular weight is 314 g/mol. The highest BCUT2D eigenvalue weighted by Crippen LogP contribution is 2.37. The molecule has 1 fully saturated rings. The van der Waals surface area contributed by atoms with Crippen molar-refractivity contribution in [3.8, 4) is 0 Å². The highest BCUT2D eigenvalue weighted by molar-refractivity contribution is 5.83. The molecule has 2 heterocycles. The second-order valence-corrected chi connectivity index (χ2v) is 6.38. The Kier molecular flexibility index (Phi) is 4.99. The van der Waals surface area contributed by atoms with E-state index in [2.05, 4.69) is 25.3 Å². The summed E-state index contributed by atoms with van der Waals surface area (Å²) in [5.74, 6) is 0.410. The molecular formula is C19H26N2O2. The second-order valence-electron chi connectivity index (χ2n) is 6.38. The minimum absolute atomic E-state index is 0.191. The van der Waals surface area contributed by atoms with Gasteiger partial charge in [-0.3, -0.25) is 4.79 Å². The molecular weight excluding hydrogens is 288 g/mol. The number of fused-ring (bicyclic) bond motifs is 1. The van der Waals surface area contributed by atoms with Crippen LogP contribution in [0.5, 0.6) is 0 Å². The van der Waals surface area contributed by atoms with Gasteiger partial charge in [0.05, 0.1) is 6.61 Å². The molecule has 0 N–H and O–H groups in total. The third-order valence-electron chi connectivity index (χ3n) is 4.82. The Balaban J connectivity index is 2.01. The average Bonchev–Trinajstić information content (AvgIpc) is 2.93. The first-order valence-electron chi connectivity index (χ1n) is 8.87. The molecule has 124 valence electrons. The number of esters is 1. The number of carbonyl (C=O) groups excluding carboxylic acids is 1. The topological polar surface area (TPSA) is 44.1 Å². The molecule has 1 aliphatic rings. The van der Waals surface area contributed by atoms with E-state index in [1.54, 1.807) is 0 Å². The van der Waals surface area contributed by atoms with Gasteiger partial charge in [-0.1, -0.05) is 26.2 Å². The van der Waals surface area contributed by atoms with Crippen molar-refractivity contribution in [2.24, 2.45) is 0 Å². The number of nitrogens with zero attached hydrogens (tertiary/aromatic N) is 2. The van der Waals surface area contributed by atoms with Crippen LogP contribution in [0.15, 0.2) is 18.3 Å². The third kappa shape index (κ3) is 3.41. The lowest BCUT2D eigenvalue weighted by Crippen LogP contribution is -2.13. The highest BCUT2D eigenvalue weighted by atomic mass is 16.5. The van der Waals surface area contributed by atoms with Gasteiger partial charge < -0.3 is 9.30 Å². The number of aryl methyl sites for hydroxylation is 1. The van der Waals surface area contributed by atoms with E-state index in [0.29, 0.717) is 12.5 Å². The number of hydrogen-bond acceptors (Lipinski definition) is 3. The zero-order chi connectivity index (χ0) is 16.2. The summed E-state index contributed by atoms with van der Waals surface area (Å²) in [4.78, 5) is 16.7. The van der Waals surface area contributed by atoms with Crippen molar-refractivity contribution in [1.29, 1.82) is 0 Å². The summed E-state index contributed by atoms with van der Waals surface area (Å²) in [6, 6.07) is 4.30. The van der Waals surface area contributed by atoms with Crippen molar-refractivity contribution in [3.05, 3.63) is 29.6 Å². The summed E-state index contributed by atoms with van der Waals surface area (Å²) in [5.41, 5.74) is 3.35. The summed E-state index contributed by atoms with van der Waals surface area (Å²) < 4.78 is 7.10. The van der Waals surface area contributed by atoms with Crippen LogP contribution in [0, 0.1) is 0 Å². The van der Waals surface area contributed by atoms with Crippen LogP contribution in [0.4, 0.5) is 0 Å². The SMILES string of the molecule is CCOC(=O)Cn1cc(C2CCCCC2)c2ccc(CC)nc21. The molecule has 2 aromatic rings. The van der Waals surface area contributed by atoms with Crippen LogP contribution in [-0.4, -0.2) is 22.1 Å².